The maximum absolute atomic E-state index is 13.6. The predicted octanol–water partition coefficient (Wildman–Crippen LogP) is 5.27. The Labute approximate surface area is 176 Å². The lowest BCUT2D eigenvalue weighted by Gasteiger charge is -2.69. The molecule has 3 fully saturated rings. The molecular formula is C22H18ClF3N2O2. The van der Waals surface area contributed by atoms with E-state index in [1.54, 1.807) is 6.21 Å². The predicted molar refractivity (Wildman–Crippen MR) is 105 cm³/mol. The lowest BCUT2D eigenvalue weighted by molar-refractivity contribution is -0.226. The molecule has 1 unspecified atom stereocenters. The van der Waals surface area contributed by atoms with E-state index in [-0.39, 0.29) is 16.3 Å². The fourth-order valence-electron chi connectivity index (χ4n) is 5.10. The van der Waals surface area contributed by atoms with Crippen molar-refractivity contribution in [3.63, 3.8) is 0 Å². The van der Waals surface area contributed by atoms with Crippen LogP contribution in [0.2, 0.25) is 5.02 Å². The van der Waals surface area contributed by atoms with Gasteiger partial charge in [-0.25, -0.2) is 18.2 Å². The lowest BCUT2D eigenvalue weighted by atomic mass is 9.35. The molecule has 0 spiro atoms. The van der Waals surface area contributed by atoms with Gasteiger partial charge in [0.2, 0.25) is 5.91 Å². The Hall–Kier alpha value is -2.54. The van der Waals surface area contributed by atoms with Crippen molar-refractivity contribution >= 4 is 23.7 Å². The second-order valence-corrected chi connectivity index (χ2v) is 8.98. The van der Waals surface area contributed by atoms with Crippen LogP contribution in [0.3, 0.4) is 0 Å². The van der Waals surface area contributed by atoms with E-state index in [2.05, 4.69) is 5.10 Å². The zero-order chi connectivity index (χ0) is 21.1. The van der Waals surface area contributed by atoms with Crippen molar-refractivity contribution in [2.24, 2.45) is 15.9 Å². The molecule has 3 aliphatic carbocycles. The maximum atomic E-state index is 13.6. The molecule has 4 aliphatic rings. The number of halogens is 4. The number of ether oxygens (including phenoxy) is 1. The molecule has 156 valence electrons. The van der Waals surface area contributed by atoms with Gasteiger partial charge in [0.15, 0.2) is 0 Å². The molecule has 0 aromatic heterocycles. The van der Waals surface area contributed by atoms with Gasteiger partial charge in [-0.05, 0) is 55.2 Å². The van der Waals surface area contributed by atoms with Crippen molar-refractivity contribution < 1.29 is 22.7 Å². The molecule has 2 aromatic rings. The maximum Gasteiger partial charge on any atom is 0.249 e. The zero-order valence-corrected chi connectivity index (χ0v) is 16.6. The standard InChI is InChI=1S/C22H18ClF3N2O2/c23-17-8-14(24)1-2-19(17)30-12-21-9-22(10-21,11-21)20(29)28-18(3-4-27-28)13-5-15(25)7-16(26)6-13/h1-2,4-8,18H,3,9-12H2. The largest absolute Gasteiger partial charge is 0.491 e. The van der Waals surface area contributed by atoms with E-state index in [1.165, 1.54) is 35.3 Å². The zero-order valence-electron chi connectivity index (χ0n) is 15.9. The summed E-state index contributed by atoms with van der Waals surface area (Å²) in [5, 5.41) is 5.77. The highest BCUT2D eigenvalue weighted by molar-refractivity contribution is 6.32. The number of hydrogen-bond donors (Lipinski definition) is 0. The smallest absolute Gasteiger partial charge is 0.249 e. The second kappa shape index (κ2) is 6.74. The third-order valence-corrected chi connectivity index (χ3v) is 6.62. The van der Waals surface area contributed by atoms with Crippen LogP contribution in [0.1, 0.15) is 37.3 Å². The number of nitrogens with zero attached hydrogens (tertiary/aromatic N) is 2. The minimum Gasteiger partial charge on any atom is -0.491 e. The fraction of sp³-hybridized carbons (Fsp3) is 0.364. The van der Waals surface area contributed by atoms with Crippen LogP contribution in [0.5, 0.6) is 5.75 Å². The Balaban J connectivity index is 1.24. The van der Waals surface area contributed by atoms with Crippen LogP contribution in [0, 0.1) is 28.3 Å². The molecule has 8 heteroatoms. The van der Waals surface area contributed by atoms with E-state index in [4.69, 9.17) is 16.3 Å². The number of hydrazone groups is 1. The molecule has 1 amide bonds. The molecule has 0 saturated heterocycles. The van der Waals surface area contributed by atoms with E-state index in [0.29, 0.717) is 43.6 Å². The van der Waals surface area contributed by atoms with Crippen molar-refractivity contribution in [3.05, 3.63) is 64.4 Å². The van der Waals surface area contributed by atoms with Gasteiger partial charge in [-0.3, -0.25) is 4.79 Å². The quantitative estimate of drug-likeness (QED) is 0.643. The van der Waals surface area contributed by atoms with Crippen LogP contribution in [-0.4, -0.2) is 23.7 Å². The third-order valence-electron chi connectivity index (χ3n) is 6.33. The van der Waals surface area contributed by atoms with Gasteiger partial charge in [-0.2, -0.15) is 5.10 Å². The number of hydrogen-bond acceptors (Lipinski definition) is 3. The Morgan fingerprint density at radius 1 is 1.10 bits per heavy atom. The Morgan fingerprint density at radius 2 is 1.80 bits per heavy atom. The molecule has 0 radical (unpaired) electrons. The van der Waals surface area contributed by atoms with Gasteiger partial charge in [0.1, 0.15) is 23.2 Å². The Bertz CT molecular complexity index is 1030. The van der Waals surface area contributed by atoms with Gasteiger partial charge >= 0.3 is 0 Å². The second-order valence-electron chi connectivity index (χ2n) is 8.58. The minimum absolute atomic E-state index is 0.0999. The Morgan fingerprint density at radius 3 is 2.47 bits per heavy atom. The molecular weight excluding hydrogens is 417 g/mol. The minimum atomic E-state index is -0.676. The topological polar surface area (TPSA) is 41.9 Å². The molecule has 2 bridgehead atoms. The first kappa shape index (κ1) is 19.4. The third kappa shape index (κ3) is 3.07. The summed E-state index contributed by atoms with van der Waals surface area (Å²) in [5.41, 5.74) is -0.201. The van der Waals surface area contributed by atoms with E-state index >= 15 is 0 Å². The van der Waals surface area contributed by atoms with Crippen LogP contribution < -0.4 is 4.74 Å². The van der Waals surface area contributed by atoms with E-state index in [0.717, 1.165) is 6.07 Å². The molecule has 1 heterocycles. The summed E-state index contributed by atoms with van der Waals surface area (Å²) in [6, 6.07) is 6.77. The van der Waals surface area contributed by atoms with Gasteiger partial charge < -0.3 is 4.74 Å². The van der Waals surface area contributed by atoms with Crippen molar-refractivity contribution in [1.82, 2.24) is 5.01 Å². The summed E-state index contributed by atoms with van der Waals surface area (Å²) >= 11 is 6.00. The average molecular weight is 435 g/mol. The Kier molecular flexibility index (Phi) is 4.36. The van der Waals surface area contributed by atoms with E-state index in [9.17, 15) is 18.0 Å². The van der Waals surface area contributed by atoms with E-state index < -0.39 is 28.9 Å². The highest BCUT2D eigenvalue weighted by Gasteiger charge is 2.72. The molecule has 1 aliphatic heterocycles. The first-order valence-corrected chi connectivity index (χ1v) is 10.1. The van der Waals surface area contributed by atoms with Crippen LogP contribution in [-0.2, 0) is 4.79 Å². The van der Waals surface area contributed by atoms with Crippen molar-refractivity contribution in [2.75, 3.05) is 6.61 Å². The number of carbonyl (C=O) groups excluding carboxylic acids is 1. The summed E-state index contributed by atoms with van der Waals surface area (Å²) in [5.74, 6) is -1.48. The molecule has 4 nitrogen and oxygen atoms in total. The number of amides is 1. The molecule has 0 N–H and O–H groups in total. The van der Waals surface area contributed by atoms with Crippen LogP contribution in [0.15, 0.2) is 41.5 Å². The number of rotatable bonds is 5. The highest BCUT2D eigenvalue weighted by Crippen LogP contribution is 2.74. The van der Waals surface area contributed by atoms with Crippen LogP contribution in [0.4, 0.5) is 13.2 Å². The molecule has 6 rings (SSSR count). The summed E-state index contributed by atoms with van der Waals surface area (Å²) < 4.78 is 46.2. The first-order valence-electron chi connectivity index (χ1n) is 9.69. The van der Waals surface area contributed by atoms with Crippen molar-refractivity contribution in [2.45, 2.75) is 31.7 Å². The fourth-order valence-corrected chi connectivity index (χ4v) is 5.32. The molecule has 3 saturated carbocycles. The molecule has 2 aromatic carbocycles. The normalized spacial score (nSPS) is 28.8. The summed E-state index contributed by atoms with van der Waals surface area (Å²) in [6.45, 7) is 0.398. The lowest BCUT2D eigenvalue weighted by Crippen LogP contribution is -2.69. The molecule has 1 atom stereocenters. The van der Waals surface area contributed by atoms with Crippen LogP contribution in [0.25, 0.3) is 0 Å². The summed E-state index contributed by atoms with van der Waals surface area (Å²) in [7, 11) is 0. The van der Waals surface area contributed by atoms with Gasteiger partial charge in [-0.15, -0.1) is 0 Å². The summed E-state index contributed by atoms with van der Waals surface area (Å²) in [4.78, 5) is 13.2. The first-order chi connectivity index (χ1) is 14.3. The van der Waals surface area contributed by atoms with Crippen molar-refractivity contribution in [3.8, 4) is 5.75 Å². The van der Waals surface area contributed by atoms with Crippen molar-refractivity contribution in [1.29, 1.82) is 0 Å². The average Bonchev–Trinajstić information content (AvgIpc) is 3.09. The number of carbonyl (C=O) groups is 1. The van der Waals surface area contributed by atoms with E-state index in [1.807, 2.05) is 0 Å². The van der Waals surface area contributed by atoms with Crippen LogP contribution >= 0.6 is 11.6 Å². The van der Waals surface area contributed by atoms with Gasteiger partial charge in [0.05, 0.1) is 23.1 Å². The summed E-state index contributed by atoms with van der Waals surface area (Å²) in [6.07, 6.45) is 4.00. The van der Waals surface area contributed by atoms with Gasteiger partial charge in [0.25, 0.3) is 0 Å². The monoisotopic (exact) mass is 434 g/mol. The highest BCUT2D eigenvalue weighted by atomic mass is 35.5. The SMILES string of the molecule is O=C(N1N=CCC1c1cc(F)cc(F)c1)C12CC(COc3ccc(F)cc3Cl)(C1)C2. The number of benzene rings is 2. The van der Waals surface area contributed by atoms with Gasteiger partial charge in [-0.1, -0.05) is 11.6 Å². The molecule has 30 heavy (non-hydrogen) atoms. The van der Waals surface area contributed by atoms with Gasteiger partial charge in [0, 0.05) is 24.1 Å².